The molecule has 31 heavy (non-hydrogen) atoms. The SMILES string of the molecule is C[C@H]([C@H](c1ccccc1)c1cccc(F)c1)[C@H]1CCCN1C(=O)c1[nH]ncc(=O)c1O. The van der Waals surface area contributed by atoms with Crippen molar-refractivity contribution in [2.24, 2.45) is 5.92 Å². The first-order valence-corrected chi connectivity index (χ1v) is 10.4. The second-order valence-corrected chi connectivity index (χ2v) is 7.97. The maximum Gasteiger partial charge on any atom is 0.276 e. The van der Waals surface area contributed by atoms with Crippen molar-refractivity contribution < 1.29 is 14.3 Å². The predicted molar refractivity (Wildman–Crippen MR) is 114 cm³/mol. The lowest BCUT2D eigenvalue weighted by atomic mass is 9.77. The Labute approximate surface area is 179 Å². The summed E-state index contributed by atoms with van der Waals surface area (Å²) in [6, 6.07) is 16.3. The highest BCUT2D eigenvalue weighted by Crippen LogP contribution is 2.39. The average Bonchev–Trinajstić information content (AvgIpc) is 3.26. The summed E-state index contributed by atoms with van der Waals surface area (Å²) in [5.41, 5.74) is 0.981. The average molecular weight is 421 g/mol. The van der Waals surface area contributed by atoms with Gasteiger partial charge in [0.05, 0.1) is 6.20 Å². The number of amides is 1. The molecule has 3 atom stereocenters. The minimum absolute atomic E-state index is 0.0406. The predicted octanol–water partition coefficient (Wildman–Crippen LogP) is 3.69. The van der Waals surface area contributed by atoms with E-state index in [1.54, 1.807) is 17.0 Å². The molecular weight excluding hydrogens is 397 g/mol. The number of rotatable bonds is 5. The third-order valence-electron chi connectivity index (χ3n) is 6.10. The van der Waals surface area contributed by atoms with Gasteiger partial charge < -0.3 is 10.0 Å². The van der Waals surface area contributed by atoms with Crippen molar-refractivity contribution >= 4 is 5.91 Å². The molecule has 0 radical (unpaired) electrons. The minimum atomic E-state index is -0.701. The van der Waals surface area contributed by atoms with E-state index < -0.39 is 17.1 Å². The fraction of sp³-hybridized carbons (Fsp3) is 0.292. The van der Waals surface area contributed by atoms with Crippen LogP contribution in [0.1, 0.15) is 47.3 Å². The Morgan fingerprint density at radius 2 is 1.94 bits per heavy atom. The zero-order valence-electron chi connectivity index (χ0n) is 17.2. The summed E-state index contributed by atoms with van der Waals surface area (Å²) < 4.78 is 14.1. The Morgan fingerprint density at radius 1 is 1.19 bits per heavy atom. The quantitative estimate of drug-likeness (QED) is 0.658. The number of carbonyl (C=O) groups excluding carboxylic acids is 1. The summed E-state index contributed by atoms with van der Waals surface area (Å²) in [6.07, 6.45) is 2.51. The molecular formula is C24H24FN3O3. The number of benzene rings is 2. The van der Waals surface area contributed by atoms with Crippen LogP contribution in [0.4, 0.5) is 4.39 Å². The molecule has 0 unspecified atom stereocenters. The van der Waals surface area contributed by atoms with Gasteiger partial charge in [0.2, 0.25) is 5.43 Å². The maximum atomic E-state index is 14.1. The van der Waals surface area contributed by atoms with Gasteiger partial charge in [-0.05, 0) is 42.0 Å². The van der Waals surface area contributed by atoms with Crippen molar-refractivity contribution in [2.75, 3.05) is 6.54 Å². The van der Waals surface area contributed by atoms with E-state index in [-0.39, 0.29) is 29.4 Å². The van der Waals surface area contributed by atoms with Crippen molar-refractivity contribution in [3.8, 4) is 5.75 Å². The third-order valence-corrected chi connectivity index (χ3v) is 6.10. The Bertz CT molecular complexity index is 1130. The molecule has 1 amide bonds. The summed E-state index contributed by atoms with van der Waals surface area (Å²) in [5, 5.41) is 16.2. The van der Waals surface area contributed by atoms with Gasteiger partial charge in [0, 0.05) is 18.5 Å². The van der Waals surface area contributed by atoms with Gasteiger partial charge in [-0.15, -0.1) is 0 Å². The van der Waals surface area contributed by atoms with Crippen LogP contribution in [-0.4, -0.2) is 38.7 Å². The van der Waals surface area contributed by atoms with E-state index in [1.807, 2.05) is 36.4 Å². The Kier molecular flexibility index (Phi) is 5.84. The van der Waals surface area contributed by atoms with Crippen molar-refractivity contribution in [1.82, 2.24) is 15.1 Å². The molecule has 6 nitrogen and oxygen atoms in total. The molecule has 1 saturated heterocycles. The fourth-order valence-electron chi connectivity index (χ4n) is 4.66. The Morgan fingerprint density at radius 3 is 2.68 bits per heavy atom. The molecule has 160 valence electrons. The second kappa shape index (κ2) is 8.71. The molecule has 0 spiro atoms. The van der Waals surface area contributed by atoms with E-state index in [4.69, 9.17) is 0 Å². The lowest BCUT2D eigenvalue weighted by Crippen LogP contribution is -2.42. The molecule has 2 N–H and O–H groups in total. The van der Waals surface area contributed by atoms with Gasteiger partial charge in [-0.25, -0.2) is 4.39 Å². The van der Waals surface area contributed by atoms with Crippen LogP contribution in [-0.2, 0) is 0 Å². The van der Waals surface area contributed by atoms with Crippen LogP contribution in [0.25, 0.3) is 0 Å². The van der Waals surface area contributed by atoms with Crippen LogP contribution in [0.5, 0.6) is 5.75 Å². The number of H-pyrrole nitrogens is 1. The molecule has 0 bridgehead atoms. The molecule has 3 aromatic rings. The number of carbonyl (C=O) groups is 1. The molecule has 1 aliphatic heterocycles. The number of nitrogens with one attached hydrogen (secondary N) is 1. The smallest absolute Gasteiger partial charge is 0.276 e. The van der Waals surface area contributed by atoms with Gasteiger partial charge in [0.25, 0.3) is 5.91 Å². The van der Waals surface area contributed by atoms with E-state index in [0.29, 0.717) is 6.54 Å². The first kappa shape index (κ1) is 20.8. The van der Waals surface area contributed by atoms with Gasteiger partial charge in [0.1, 0.15) is 5.82 Å². The number of nitrogens with zero attached hydrogens (tertiary/aromatic N) is 2. The molecule has 0 aliphatic carbocycles. The van der Waals surface area contributed by atoms with Crippen LogP contribution in [0.15, 0.2) is 65.6 Å². The maximum absolute atomic E-state index is 14.1. The molecule has 7 heteroatoms. The molecule has 4 rings (SSSR count). The van der Waals surface area contributed by atoms with Gasteiger partial charge in [-0.2, -0.15) is 5.10 Å². The highest BCUT2D eigenvalue weighted by Gasteiger charge is 2.38. The highest BCUT2D eigenvalue weighted by molar-refractivity contribution is 5.95. The third kappa shape index (κ3) is 4.08. The van der Waals surface area contributed by atoms with E-state index in [2.05, 4.69) is 17.1 Å². The normalized spacial score (nSPS) is 18.0. The number of hydrogen-bond donors (Lipinski definition) is 2. The molecule has 0 saturated carbocycles. The van der Waals surface area contributed by atoms with Crippen LogP contribution in [0, 0.1) is 11.7 Å². The summed E-state index contributed by atoms with van der Waals surface area (Å²) in [5.74, 6) is -1.55. The number of halogens is 1. The molecule has 1 aromatic heterocycles. The topological polar surface area (TPSA) is 86.3 Å². The van der Waals surface area contributed by atoms with E-state index in [0.717, 1.165) is 30.2 Å². The molecule has 1 aliphatic rings. The Balaban J connectivity index is 1.70. The van der Waals surface area contributed by atoms with Gasteiger partial charge >= 0.3 is 0 Å². The Hall–Kier alpha value is -3.48. The number of aromatic hydroxyl groups is 1. The van der Waals surface area contributed by atoms with Gasteiger partial charge in [0.15, 0.2) is 11.4 Å². The van der Waals surface area contributed by atoms with E-state index in [1.165, 1.54) is 6.07 Å². The molecule has 2 aromatic carbocycles. The number of aromatic amines is 1. The van der Waals surface area contributed by atoms with Gasteiger partial charge in [-0.1, -0.05) is 49.4 Å². The largest absolute Gasteiger partial charge is 0.502 e. The summed E-state index contributed by atoms with van der Waals surface area (Å²) in [6.45, 7) is 2.57. The molecule has 2 heterocycles. The van der Waals surface area contributed by atoms with Crippen LogP contribution in [0.2, 0.25) is 0 Å². The first-order valence-electron chi connectivity index (χ1n) is 10.4. The standard InChI is InChI=1S/C24H24FN3O3/c1-15(21(16-7-3-2-4-8-16)17-9-5-10-18(25)13-17)19-11-6-12-28(19)24(31)22-23(30)20(29)14-26-27-22/h2-5,7-10,13-15,19,21H,6,11-12H2,1H3,(H,26,30)(H,27,29)/t15-,19+,21+/m0/s1. The van der Waals surface area contributed by atoms with Crippen molar-refractivity contribution in [3.05, 3.63) is 93.7 Å². The highest BCUT2D eigenvalue weighted by atomic mass is 19.1. The van der Waals surface area contributed by atoms with E-state index >= 15 is 0 Å². The van der Waals surface area contributed by atoms with E-state index in [9.17, 15) is 19.1 Å². The van der Waals surface area contributed by atoms with Crippen LogP contribution in [0.3, 0.4) is 0 Å². The summed E-state index contributed by atoms with van der Waals surface area (Å²) >= 11 is 0. The lowest BCUT2D eigenvalue weighted by molar-refractivity contribution is 0.0675. The van der Waals surface area contributed by atoms with Crippen molar-refractivity contribution in [3.63, 3.8) is 0 Å². The molecule has 1 fully saturated rings. The number of likely N-dealkylation sites (tertiary alicyclic amines) is 1. The fourth-order valence-corrected chi connectivity index (χ4v) is 4.66. The monoisotopic (exact) mass is 421 g/mol. The number of aromatic nitrogens is 2. The lowest BCUT2D eigenvalue weighted by Gasteiger charge is -2.35. The summed E-state index contributed by atoms with van der Waals surface area (Å²) in [7, 11) is 0. The first-order chi connectivity index (χ1) is 15.0. The second-order valence-electron chi connectivity index (χ2n) is 7.97. The zero-order chi connectivity index (χ0) is 22.0. The van der Waals surface area contributed by atoms with Crippen LogP contribution >= 0.6 is 0 Å². The zero-order valence-corrected chi connectivity index (χ0v) is 17.2. The van der Waals surface area contributed by atoms with Crippen molar-refractivity contribution in [2.45, 2.75) is 31.7 Å². The van der Waals surface area contributed by atoms with Crippen molar-refractivity contribution in [1.29, 1.82) is 0 Å². The number of hydrogen-bond acceptors (Lipinski definition) is 4. The summed E-state index contributed by atoms with van der Waals surface area (Å²) in [4.78, 5) is 26.6. The van der Waals surface area contributed by atoms with Crippen LogP contribution < -0.4 is 5.43 Å². The van der Waals surface area contributed by atoms with Gasteiger partial charge in [-0.3, -0.25) is 14.7 Å². The minimum Gasteiger partial charge on any atom is -0.502 e.